The topological polar surface area (TPSA) is 78.4 Å². The van der Waals surface area contributed by atoms with Gasteiger partial charge in [-0.1, -0.05) is 0 Å². The molecule has 0 saturated heterocycles. The summed E-state index contributed by atoms with van der Waals surface area (Å²) in [6.45, 7) is 3.14. The fraction of sp³-hybridized carbons (Fsp3) is 0.667. The molecule has 1 aromatic heterocycles. The molecule has 1 saturated carbocycles. The maximum Gasteiger partial charge on any atom is 0.434 e. The number of thiazole rings is 1. The average Bonchev–Trinajstić information content (AvgIpc) is 3.21. The summed E-state index contributed by atoms with van der Waals surface area (Å²) in [7, 11) is 0. The van der Waals surface area contributed by atoms with Crippen LogP contribution in [0.2, 0.25) is 0 Å². The lowest BCUT2D eigenvalue weighted by Gasteiger charge is -2.10. The van der Waals surface area contributed by atoms with E-state index in [1.54, 1.807) is 0 Å². The molecule has 0 bridgehead atoms. The van der Waals surface area contributed by atoms with Crippen molar-refractivity contribution in [2.45, 2.75) is 51.4 Å². The molecule has 2 rings (SSSR count). The minimum absolute atomic E-state index is 0.0497. The highest BCUT2D eigenvalue weighted by Gasteiger charge is 2.33. The van der Waals surface area contributed by atoms with E-state index in [9.17, 15) is 18.0 Å². The zero-order valence-electron chi connectivity index (χ0n) is 13.9. The molecule has 0 radical (unpaired) electrons. The number of aromatic nitrogens is 1. The van der Waals surface area contributed by atoms with Crippen molar-refractivity contribution in [1.82, 2.24) is 20.9 Å². The fourth-order valence-corrected chi connectivity index (χ4v) is 2.71. The van der Waals surface area contributed by atoms with Gasteiger partial charge in [-0.3, -0.25) is 4.79 Å². The van der Waals surface area contributed by atoms with Gasteiger partial charge < -0.3 is 16.0 Å². The number of hydrogen-bond donors (Lipinski definition) is 3. The van der Waals surface area contributed by atoms with Gasteiger partial charge in [-0.25, -0.2) is 9.98 Å². The van der Waals surface area contributed by atoms with Gasteiger partial charge in [-0.2, -0.15) is 13.2 Å². The second kappa shape index (κ2) is 9.02. The number of nitrogens with one attached hydrogen (secondary N) is 3. The molecule has 6 nitrogen and oxygen atoms in total. The third-order valence-corrected chi connectivity index (χ3v) is 4.21. The van der Waals surface area contributed by atoms with Crippen molar-refractivity contribution in [2.24, 2.45) is 4.99 Å². The minimum Gasteiger partial charge on any atom is -0.357 e. The summed E-state index contributed by atoms with van der Waals surface area (Å²) in [6, 6.07) is 0.360. The zero-order chi connectivity index (χ0) is 18.3. The molecule has 0 aliphatic heterocycles. The van der Waals surface area contributed by atoms with E-state index in [0.717, 1.165) is 29.6 Å². The van der Waals surface area contributed by atoms with Crippen LogP contribution in [0.4, 0.5) is 13.2 Å². The summed E-state index contributed by atoms with van der Waals surface area (Å²) in [5.41, 5.74) is -0.887. The van der Waals surface area contributed by atoms with E-state index >= 15 is 0 Å². The Kier molecular flexibility index (Phi) is 7.03. The van der Waals surface area contributed by atoms with Crippen LogP contribution in [0.3, 0.4) is 0 Å². The number of nitrogens with zero attached hydrogens (tertiary/aromatic N) is 2. The first-order valence-electron chi connectivity index (χ1n) is 8.21. The third kappa shape index (κ3) is 7.29. The van der Waals surface area contributed by atoms with E-state index < -0.39 is 11.9 Å². The van der Waals surface area contributed by atoms with Gasteiger partial charge in [0, 0.05) is 30.9 Å². The van der Waals surface area contributed by atoms with Gasteiger partial charge >= 0.3 is 6.18 Å². The molecular weight excluding hydrogens is 355 g/mol. The zero-order valence-corrected chi connectivity index (χ0v) is 14.8. The van der Waals surface area contributed by atoms with Crippen molar-refractivity contribution < 1.29 is 18.0 Å². The highest BCUT2D eigenvalue weighted by atomic mass is 32.1. The summed E-state index contributed by atoms with van der Waals surface area (Å²) in [4.78, 5) is 19.3. The van der Waals surface area contributed by atoms with Crippen LogP contribution < -0.4 is 16.0 Å². The molecule has 0 aromatic carbocycles. The normalized spacial score (nSPS) is 15.1. The van der Waals surface area contributed by atoms with Crippen LogP contribution in [0.25, 0.3) is 0 Å². The van der Waals surface area contributed by atoms with Crippen molar-refractivity contribution in [3.05, 3.63) is 16.1 Å². The second-order valence-electron chi connectivity index (χ2n) is 5.69. The molecule has 1 amide bonds. The van der Waals surface area contributed by atoms with E-state index in [1.807, 2.05) is 6.92 Å². The summed E-state index contributed by atoms with van der Waals surface area (Å²) in [5, 5.41) is 10.3. The number of halogens is 3. The maximum absolute atomic E-state index is 12.5. The SMILES string of the molecule is CCNC(=NCc1nc(C(F)(F)F)cs1)NCCCC(=O)NC1CC1. The summed E-state index contributed by atoms with van der Waals surface area (Å²) in [5.74, 6) is 0.544. The number of carbonyl (C=O) groups excluding carboxylic acids is 1. The smallest absolute Gasteiger partial charge is 0.357 e. The van der Waals surface area contributed by atoms with Crippen LogP contribution in [0.1, 0.15) is 43.3 Å². The van der Waals surface area contributed by atoms with Crippen LogP contribution in [0, 0.1) is 0 Å². The minimum atomic E-state index is -4.43. The summed E-state index contributed by atoms with van der Waals surface area (Å²) >= 11 is 0.934. The maximum atomic E-state index is 12.5. The van der Waals surface area contributed by atoms with Crippen LogP contribution in [-0.2, 0) is 17.5 Å². The fourth-order valence-electron chi connectivity index (χ4n) is 1.99. The van der Waals surface area contributed by atoms with Gasteiger partial charge in [0.15, 0.2) is 11.7 Å². The predicted octanol–water partition coefficient (Wildman–Crippen LogP) is 2.28. The predicted molar refractivity (Wildman–Crippen MR) is 90.3 cm³/mol. The third-order valence-electron chi connectivity index (χ3n) is 3.37. The molecule has 0 atom stereocenters. The highest BCUT2D eigenvalue weighted by molar-refractivity contribution is 7.09. The molecule has 1 aliphatic carbocycles. The number of rotatable bonds is 8. The monoisotopic (exact) mass is 377 g/mol. The number of guanidine groups is 1. The van der Waals surface area contributed by atoms with E-state index in [2.05, 4.69) is 25.9 Å². The van der Waals surface area contributed by atoms with Gasteiger partial charge in [-0.15, -0.1) is 11.3 Å². The van der Waals surface area contributed by atoms with Crippen LogP contribution >= 0.6 is 11.3 Å². The summed E-state index contributed by atoms with van der Waals surface area (Å²) < 4.78 is 37.6. The first kappa shape index (κ1) is 19.5. The van der Waals surface area contributed by atoms with Gasteiger partial charge in [0.25, 0.3) is 0 Å². The van der Waals surface area contributed by atoms with Crippen LogP contribution in [0.15, 0.2) is 10.4 Å². The number of hydrogen-bond acceptors (Lipinski definition) is 4. The molecule has 0 unspecified atom stereocenters. The lowest BCUT2D eigenvalue weighted by molar-refractivity contribution is -0.140. The molecule has 140 valence electrons. The molecule has 1 fully saturated rings. The van der Waals surface area contributed by atoms with Gasteiger partial charge in [0.05, 0.1) is 6.54 Å². The number of alkyl halides is 3. The Morgan fingerprint density at radius 1 is 1.40 bits per heavy atom. The average molecular weight is 377 g/mol. The Morgan fingerprint density at radius 3 is 2.76 bits per heavy atom. The number of carbonyl (C=O) groups is 1. The molecule has 25 heavy (non-hydrogen) atoms. The van der Waals surface area contributed by atoms with Gasteiger partial charge in [-0.05, 0) is 26.2 Å². The molecule has 10 heteroatoms. The lowest BCUT2D eigenvalue weighted by atomic mass is 10.3. The van der Waals surface area contributed by atoms with Crippen molar-refractivity contribution in [2.75, 3.05) is 13.1 Å². The molecule has 1 aliphatic rings. The van der Waals surface area contributed by atoms with E-state index in [1.165, 1.54) is 0 Å². The quantitative estimate of drug-likeness (QED) is 0.369. The first-order chi connectivity index (χ1) is 11.9. The second-order valence-corrected chi connectivity index (χ2v) is 6.63. The van der Waals surface area contributed by atoms with Crippen molar-refractivity contribution >= 4 is 23.2 Å². The van der Waals surface area contributed by atoms with Crippen LogP contribution in [-0.4, -0.2) is 36.0 Å². The van der Waals surface area contributed by atoms with E-state index in [-0.39, 0.29) is 12.5 Å². The molecule has 3 N–H and O–H groups in total. The summed E-state index contributed by atoms with van der Waals surface area (Å²) in [6.07, 6.45) is -1.22. The Labute approximate surface area is 148 Å². The molecular formula is C15H22F3N5OS. The molecule has 1 heterocycles. The largest absolute Gasteiger partial charge is 0.434 e. The van der Waals surface area contributed by atoms with E-state index in [0.29, 0.717) is 42.9 Å². The van der Waals surface area contributed by atoms with Crippen molar-refractivity contribution in [3.63, 3.8) is 0 Å². The standard InChI is InChI=1S/C15H22F3N5OS/c1-2-19-14(20-7-3-4-12(24)22-10-5-6-10)21-8-13-23-11(9-25-13)15(16,17)18/h9-10H,2-8H2,1H3,(H,22,24)(H2,19,20,21). The Bertz CT molecular complexity index is 598. The first-order valence-corrected chi connectivity index (χ1v) is 9.09. The Balaban J connectivity index is 1.75. The lowest BCUT2D eigenvalue weighted by Crippen LogP contribution is -2.38. The van der Waals surface area contributed by atoms with Gasteiger partial charge in [0.1, 0.15) is 5.01 Å². The number of aliphatic imine (C=N–C) groups is 1. The van der Waals surface area contributed by atoms with Gasteiger partial charge in [0.2, 0.25) is 5.91 Å². The van der Waals surface area contributed by atoms with Crippen molar-refractivity contribution in [1.29, 1.82) is 0 Å². The number of amides is 1. The molecule has 1 aromatic rings. The van der Waals surface area contributed by atoms with Crippen molar-refractivity contribution in [3.8, 4) is 0 Å². The Morgan fingerprint density at radius 2 is 2.16 bits per heavy atom. The highest BCUT2D eigenvalue weighted by Crippen LogP contribution is 2.30. The van der Waals surface area contributed by atoms with Crippen LogP contribution in [0.5, 0.6) is 0 Å². The molecule has 0 spiro atoms. The Hall–Kier alpha value is -1.84. The van der Waals surface area contributed by atoms with E-state index in [4.69, 9.17) is 0 Å².